The summed E-state index contributed by atoms with van der Waals surface area (Å²) in [5.74, 6) is 2.45. The van der Waals surface area contributed by atoms with Crippen LogP contribution in [0.1, 0.15) is 37.2 Å². The fourth-order valence-corrected chi connectivity index (χ4v) is 2.52. The maximum Gasteiger partial charge on any atom is 0.123 e. The summed E-state index contributed by atoms with van der Waals surface area (Å²) in [7, 11) is 0. The summed E-state index contributed by atoms with van der Waals surface area (Å²) < 4.78 is 12.8. The SMILES string of the molecule is Fc1ccc(C(C2CC2)C2CC2)cc1. The zero-order valence-electron chi connectivity index (χ0n) is 8.25. The van der Waals surface area contributed by atoms with Crippen molar-refractivity contribution in [2.45, 2.75) is 31.6 Å². The molecule has 3 rings (SSSR count). The first-order valence-corrected chi connectivity index (χ1v) is 5.60. The molecule has 0 atom stereocenters. The smallest absolute Gasteiger partial charge is 0.123 e. The number of rotatable bonds is 3. The standard InChI is InChI=1S/C13H15F/c14-12-7-5-11(6-8-12)13(9-1-2-9)10-3-4-10/h5-10,13H,1-4H2. The van der Waals surface area contributed by atoms with Gasteiger partial charge < -0.3 is 0 Å². The van der Waals surface area contributed by atoms with Crippen LogP contribution in [0.3, 0.4) is 0 Å². The van der Waals surface area contributed by atoms with Gasteiger partial charge in [-0.15, -0.1) is 0 Å². The third-order valence-electron chi connectivity index (χ3n) is 3.51. The van der Waals surface area contributed by atoms with Crippen molar-refractivity contribution in [3.63, 3.8) is 0 Å². The lowest BCUT2D eigenvalue weighted by molar-refractivity contribution is 0.535. The van der Waals surface area contributed by atoms with Crippen LogP contribution >= 0.6 is 0 Å². The molecule has 0 nitrogen and oxygen atoms in total. The third-order valence-corrected chi connectivity index (χ3v) is 3.51. The molecule has 2 aliphatic carbocycles. The van der Waals surface area contributed by atoms with Crippen molar-refractivity contribution in [1.29, 1.82) is 0 Å². The van der Waals surface area contributed by atoms with Gasteiger partial charge in [0.2, 0.25) is 0 Å². The number of hydrogen-bond donors (Lipinski definition) is 0. The summed E-state index contributed by atoms with van der Waals surface area (Å²) in [5, 5.41) is 0. The van der Waals surface area contributed by atoms with Gasteiger partial charge >= 0.3 is 0 Å². The zero-order valence-corrected chi connectivity index (χ0v) is 8.25. The van der Waals surface area contributed by atoms with Crippen molar-refractivity contribution >= 4 is 0 Å². The van der Waals surface area contributed by atoms with E-state index in [1.54, 1.807) is 12.1 Å². The highest BCUT2D eigenvalue weighted by atomic mass is 19.1. The molecule has 0 N–H and O–H groups in total. The Bertz CT molecular complexity index is 308. The molecule has 2 fully saturated rings. The van der Waals surface area contributed by atoms with Crippen molar-refractivity contribution in [2.24, 2.45) is 11.8 Å². The average Bonchev–Trinajstić information content (AvgIpc) is 3.00. The van der Waals surface area contributed by atoms with E-state index in [1.165, 1.54) is 31.2 Å². The summed E-state index contributed by atoms with van der Waals surface area (Å²) in [6.07, 6.45) is 5.55. The molecule has 1 aromatic carbocycles. The Morgan fingerprint density at radius 1 is 0.929 bits per heavy atom. The Kier molecular flexibility index (Phi) is 1.86. The minimum absolute atomic E-state index is 0.112. The summed E-state index contributed by atoms with van der Waals surface area (Å²) >= 11 is 0. The molecular formula is C13H15F. The Labute approximate surface area is 84.1 Å². The van der Waals surface area contributed by atoms with E-state index in [4.69, 9.17) is 0 Å². The van der Waals surface area contributed by atoms with Crippen molar-refractivity contribution < 1.29 is 4.39 Å². The normalized spacial score (nSPS) is 21.6. The van der Waals surface area contributed by atoms with Crippen molar-refractivity contribution in [1.82, 2.24) is 0 Å². The quantitative estimate of drug-likeness (QED) is 0.681. The van der Waals surface area contributed by atoms with E-state index in [9.17, 15) is 4.39 Å². The van der Waals surface area contributed by atoms with E-state index in [-0.39, 0.29) is 5.82 Å². The lowest BCUT2D eigenvalue weighted by atomic mass is 9.90. The molecule has 2 aliphatic rings. The van der Waals surface area contributed by atoms with Gasteiger partial charge in [-0.2, -0.15) is 0 Å². The van der Waals surface area contributed by atoms with Crippen LogP contribution in [-0.2, 0) is 0 Å². The summed E-state index contributed by atoms with van der Waals surface area (Å²) in [6, 6.07) is 7.17. The van der Waals surface area contributed by atoms with Crippen LogP contribution in [0.15, 0.2) is 24.3 Å². The van der Waals surface area contributed by atoms with Crippen molar-refractivity contribution in [3.8, 4) is 0 Å². The van der Waals surface area contributed by atoms with Gasteiger partial charge in [0.1, 0.15) is 5.82 Å². The van der Waals surface area contributed by atoms with E-state index in [1.807, 2.05) is 12.1 Å². The molecule has 14 heavy (non-hydrogen) atoms. The molecule has 0 aliphatic heterocycles. The van der Waals surface area contributed by atoms with Crippen LogP contribution in [0.4, 0.5) is 4.39 Å². The van der Waals surface area contributed by atoms with E-state index in [0.29, 0.717) is 0 Å². The van der Waals surface area contributed by atoms with Crippen LogP contribution in [0.25, 0.3) is 0 Å². The minimum atomic E-state index is -0.112. The lowest BCUT2D eigenvalue weighted by Crippen LogP contribution is -2.03. The highest BCUT2D eigenvalue weighted by Crippen LogP contribution is 2.54. The van der Waals surface area contributed by atoms with Crippen molar-refractivity contribution in [2.75, 3.05) is 0 Å². The Hall–Kier alpha value is -0.850. The first kappa shape index (κ1) is 8.46. The van der Waals surface area contributed by atoms with Crippen LogP contribution in [0, 0.1) is 17.7 Å². The summed E-state index contributed by atoms with van der Waals surface area (Å²) in [6.45, 7) is 0. The fraction of sp³-hybridized carbons (Fsp3) is 0.538. The largest absolute Gasteiger partial charge is 0.207 e. The van der Waals surface area contributed by atoms with Crippen molar-refractivity contribution in [3.05, 3.63) is 35.6 Å². The molecule has 0 bridgehead atoms. The van der Waals surface area contributed by atoms with Gasteiger partial charge in [0, 0.05) is 0 Å². The zero-order chi connectivity index (χ0) is 9.54. The predicted octanol–water partition coefficient (Wildman–Crippen LogP) is 3.73. The maximum absolute atomic E-state index is 12.8. The van der Waals surface area contributed by atoms with E-state index in [2.05, 4.69) is 0 Å². The molecule has 0 aromatic heterocycles. The van der Waals surface area contributed by atoms with Gasteiger partial charge in [0.15, 0.2) is 0 Å². The molecule has 0 unspecified atom stereocenters. The topological polar surface area (TPSA) is 0 Å². The highest BCUT2D eigenvalue weighted by Gasteiger charge is 2.41. The van der Waals surface area contributed by atoms with Crippen LogP contribution in [-0.4, -0.2) is 0 Å². The average molecular weight is 190 g/mol. The van der Waals surface area contributed by atoms with Crippen LogP contribution in [0.5, 0.6) is 0 Å². The molecule has 0 heterocycles. The van der Waals surface area contributed by atoms with Gasteiger partial charge in [-0.1, -0.05) is 12.1 Å². The summed E-state index contributed by atoms with van der Waals surface area (Å²) in [4.78, 5) is 0. The second-order valence-corrected chi connectivity index (χ2v) is 4.75. The van der Waals surface area contributed by atoms with Gasteiger partial charge in [0.25, 0.3) is 0 Å². The number of benzene rings is 1. The molecule has 0 spiro atoms. The second kappa shape index (κ2) is 3.08. The first-order valence-electron chi connectivity index (χ1n) is 5.60. The number of hydrogen-bond acceptors (Lipinski definition) is 0. The molecule has 0 amide bonds. The highest BCUT2D eigenvalue weighted by molar-refractivity contribution is 5.24. The lowest BCUT2D eigenvalue weighted by Gasteiger charge is -2.15. The van der Waals surface area contributed by atoms with Gasteiger partial charge in [-0.25, -0.2) is 4.39 Å². The first-order chi connectivity index (χ1) is 6.84. The molecule has 2 saturated carbocycles. The monoisotopic (exact) mass is 190 g/mol. The predicted molar refractivity (Wildman–Crippen MR) is 54.6 cm³/mol. The van der Waals surface area contributed by atoms with E-state index < -0.39 is 0 Å². The second-order valence-electron chi connectivity index (χ2n) is 4.75. The molecular weight excluding hydrogens is 175 g/mol. The maximum atomic E-state index is 12.8. The van der Waals surface area contributed by atoms with Crippen LogP contribution < -0.4 is 0 Å². The van der Waals surface area contributed by atoms with Gasteiger partial charge in [-0.05, 0) is 61.1 Å². The third kappa shape index (κ3) is 1.56. The van der Waals surface area contributed by atoms with Gasteiger partial charge in [0.05, 0.1) is 0 Å². The molecule has 0 radical (unpaired) electrons. The number of halogens is 1. The molecule has 0 saturated heterocycles. The molecule has 1 aromatic rings. The minimum Gasteiger partial charge on any atom is -0.207 e. The van der Waals surface area contributed by atoms with Crippen LogP contribution in [0.2, 0.25) is 0 Å². The Morgan fingerprint density at radius 3 is 1.86 bits per heavy atom. The van der Waals surface area contributed by atoms with E-state index in [0.717, 1.165) is 17.8 Å². The Balaban J connectivity index is 1.86. The molecule has 74 valence electrons. The van der Waals surface area contributed by atoms with Gasteiger partial charge in [-0.3, -0.25) is 0 Å². The molecule has 1 heteroatoms. The summed E-state index contributed by atoms with van der Waals surface area (Å²) in [5.41, 5.74) is 1.37. The van der Waals surface area contributed by atoms with E-state index >= 15 is 0 Å². The Morgan fingerprint density at radius 2 is 1.43 bits per heavy atom. The fourth-order valence-electron chi connectivity index (χ4n) is 2.52.